The quantitative estimate of drug-likeness (QED) is 0.619. The molecule has 0 amide bonds. The Morgan fingerprint density at radius 1 is 1.80 bits per heavy atom. The molecule has 2 N–H and O–H groups in total. The highest BCUT2D eigenvalue weighted by atomic mass is 32.2. The molecule has 0 aliphatic carbocycles. The minimum Gasteiger partial charge on any atom is -0.480 e. The molecule has 0 aromatic heterocycles. The lowest BCUT2D eigenvalue weighted by Crippen LogP contribution is -2.47. The van der Waals surface area contributed by atoms with Crippen LogP contribution in [-0.2, 0) is 4.79 Å². The molecule has 1 fully saturated rings. The molecule has 0 spiro atoms. The number of rotatable bonds is 3. The Kier molecular flexibility index (Phi) is 2.56. The highest BCUT2D eigenvalue weighted by molar-refractivity contribution is 8.00. The molecule has 1 aliphatic rings. The summed E-state index contributed by atoms with van der Waals surface area (Å²) in [5.41, 5.74) is 0. The van der Waals surface area contributed by atoms with Crippen LogP contribution in [0.1, 0.15) is 6.92 Å². The van der Waals surface area contributed by atoms with Gasteiger partial charge in [0, 0.05) is 17.5 Å². The van der Waals surface area contributed by atoms with Gasteiger partial charge in [-0.25, -0.2) is 0 Å². The average molecular weight is 161 g/mol. The summed E-state index contributed by atoms with van der Waals surface area (Å²) >= 11 is 1.84. The molecule has 1 unspecified atom stereocenters. The zero-order chi connectivity index (χ0) is 7.56. The third kappa shape index (κ3) is 1.88. The normalized spacial score (nSPS) is 21.7. The largest absolute Gasteiger partial charge is 0.480 e. The summed E-state index contributed by atoms with van der Waals surface area (Å²) in [5.74, 6) is 1.34. The van der Waals surface area contributed by atoms with E-state index in [4.69, 9.17) is 5.11 Å². The van der Waals surface area contributed by atoms with Crippen molar-refractivity contribution in [3.63, 3.8) is 0 Å². The van der Waals surface area contributed by atoms with Crippen LogP contribution in [0.25, 0.3) is 0 Å². The van der Waals surface area contributed by atoms with Crippen LogP contribution < -0.4 is 5.32 Å². The Bertz CT molecular complexity index is 136. The minimum absolute atomic E-state index is 0.397. The number of nitrogens with one attached hydrogen (secondary N) is 1. The van der Waals surface area contributed by atoms with Crippen molar-refractivity contribution in [2.45, 2.75) is 19.0 Å². The third-order valence-corrected chi connectivity index (χ3v) is 2.77. The van der Waals surface area contributed by atoms with Gasteiger partial charge in [-0.1, -0.05) is 0 Å². The number of carboxylic acids is 1. The fourth-order valence-corrected chi connectivity index (χ4v) is 1.42. The van der Waals surface area contributed by atoms with Gasteiger partial charge in [0.1, 0.15) is 6.04 Å². The van der Waals surface area contributed by atoms with Gasteiger partial charge in [0.25, 0.3) is 0 Å². The molecule has 0 bridgehead atoms. The summed E-state index contributed by atoms with van der Waals surface area (Å²) in [6, 6.07) is 0.0296. The molecule has 0 saturated carbocycles. The van der Waals surface area contributed by atoms with Gasteiger partial charge in [-0.3, -0.25) is 4.79 Å². The molecule has 1 saturated heterocycles. The SMILES string of the molecule is CC(NC1CSC1)C(=O)O. The molecule has 0 radical (unpaired) electrons. The number of carbonyl (C=O) groups is 1. The lowest BCUT2D eigenvalue weighted by molar-refractivity contribution is -0.139. The fourth-order valence-electron chi connectivity index (χ4n) is 0.757. The molecule has 1 rings (SSSR count). The van der Waals surface area contributed by atoms with Crippen LogP contribution in [0, 0.1) is 0 Å². The van der Waals surface area contributed by atoms with Crippen LogP contribution in [0.2, 0.25) is 0 Å². The first-order valence-corrected chi connectivity index (χ1v) is 4.42. The van der Waals surface area contributed by atoms with E-state index in [1.807, 2.05) is 11.8 Å². The Morgan fingerprint density at radius 2 is 2.40 bits per heavy atom. The van der Waals surface area contributed by atoms with Crippen molar-refractivity contribution in [1.82, 2.24) is 5.32 Å². The number of hydrogen-bond acceptors (Lipinski definition) is 3. The maximum Gasteiger partial charge on any atom is 0.320 e. The lowest BCUT2D eigenvalue weighted by atomic mass is 10.3. The molecule has 10 heavy (non-hydrogen) atoms. The van der Waals surface area contributed by atoms with Crippen LogP contribution in [0.5, 0.6) is 0 Å². The molecule has 1 heterocycles. The summed E-state index contributed by atoms with van der Waals surface area (Å²) in [4.78, 5) is 10.3. The molecule has 0 aromatic carbocycles. The van der Waals surface area contributed by atoms with Crippen LogP contribution in [0.15, 0.2) is 0 Å². The van der Waals surface area contributed by atoms with E-state index in [2.05, 4.69) is 5.32 Å². The molecule has 1 atom stereocenters. The van der Waals surface area contributed by atoms with E-state index >= 15 is 0 Å². The first kappa shape index (κ1) is 7.88. The number of thioether (sulfide) groups is 1. The second-order valence-electron chi connectivity index (χ2n) is 2.46. The highest BCUT2D eigenvalue weighted by Crippen LogP contribution is 2.17. The summed E-state index contributed by atoms with van der Waals surface area (Å²) in [6.07, 6.45) is 0. The maximum absolute atomic E-state index is 10.3. The summed E-state index contributed by atoms with van der Waals surface area (Å²) in [6.45, 7) is 1.67. The molecular weight excluding hydrogens is 150 g/mol. The van der Waals surface area contributed by atoms with Crippen molar-refractivity contribution >= 4 is 17.7 Å². The highest BCUT2D eigenvalue weighted by Gasteiger charge is 2.22. The zero-order valence-corrected chi connectivity index (χ0v) is 6.65. The Morgan fingerprint density at radius 3 is 2.70 bits per heavy atom. The van der Waals surface area contributed by atoms with E-state index in [9.17, 15) is 4.79 Å². The van der Waals surface area contributed by atoms with Gasteiger partial charge in [0.05, 0.1) is 0 Å². The molecular formula is C6H11NO2S. The molecule has 0 aromatic rings. The first-order valence-electron chi connectivity index (χ1n) is 3.26. The van der Waals surface area contributed by atoms with Crippen molar-refractivity contribution in [2.24, 2.45) is 0 Å². The Hall–Kier alpha value is -0.220. The van der Waals surface area contributed by atoms with E-state index < -0.39 is 12.0 Å². The topological polar surface area (TPSA) is 49.3 Å². The smallest absolute Gasteiger partial charge is 0.320 e. The van der Waals surface area contributed by atoms with Gasteiger partial charge in [0.15, 0.2) is 0 Å². The lowest BCUT2D eigenvalue weighted by Gasteiger charge is -2.27. The van der Waals surface area contributed by atoms with E-state index in [0.29, 0.717) is 6.04 Å². The van der Waals surface area contributed by atoms with Crippen molar-refractivity contribution in [3.8, 4) is 0 Å². The van der Waals surface area contributed by atoms with Crippen LogP contribution >= 0.6 is 11.8 Å². The monoisotopic (exact) mass is 161 g/mol. The first-order chi connectivity index (χ1) is 4.70. The van der Waals surface area contributed by atoms with Gasteiger partial charge in [-0.15, -0.1) is 0 Å². The summed E-state index contributed by atoms with van der Waals surface area (Å²) in [7, 11) is 0. The van der Waals surface area contributed by atoms with E-state index in [0.717, 1.165) is 11.5 Å². The van der Waals surface area contributed by atoms with E-state index in [1.54, 1.807) is 6.92 Å². The molecule has 3 nitrogen and oxygen atoms in total. The number of hydrogen-bond donors (Lipinski definition) is 2. The van der Waals surface area contributed by atoms with Crippen molar-refractivity contribution in [1.29, 1.82) is 0 Å². The van der Waals surface area contributed by atoms with Gasteiger partial charge < -0.3 is 10.4 Å². The number of aliphatic carboxylic acids is 1. The van der Waals surface area contributed by atoms with Crippen molar-refractivity contribution < 1.29 is 9.90 Å². The predicted molar refractivity (Wildman–Crippen MR) is 41.3 cm³/mol. The van der Waals surface area contributed by atoms with Gasteiger partial charge in [-0.2, -0.15) is 11.8 Å². The second-order valence-corrected chi connectivity index (χ2v) is 3.54. The molecule has 58 valence electrons. The molecule has 1 aliphatic heterocycles. The summed E-state index contributed by atoms with van der Waals surface area (Å²) < 4.78 is 0. The van der Waals surface area contributed by atoms with E-state index in [-0.39, 0.29) is 0 Å². The standard InChI is InChI=1S/C6H11NO2S/c1-4(6(8)9)7-5-2-10-3-5/h4-5,7H,2-3H2,1H3,(H,8,9). The fraction of sp³-hybridized carbons (Fsp3) is 0.833. The van der Waals surface area contributed by atoms with E-state index in [1.165, 1.54) is 0 Å². The van der Waals surface area contributed by atoms with Crippen LogP contribution in [0.3, 0.4) is 0 Å². The predicted octanol–water partition coefficient (Wildman–Crippen LogP) is 0.165. The minimum atomic E-state index is -0.767. The maximum atomic E-state index is 10.3. The van der Waals surface area contributed by atoms with Crippen LogP contribution in [0.4, 0.5) is 0 Å². The zero-order valence-electron chi connectivity index (χ0n) is 5.83. The van der Waals surface area contributed by atoms with Gasteiger partial charge in [0.2, 0.25) is 0 Å². The van der Waals surface area contributed by atoms with Gasteiger partial charge >= 0.3 is 5.97 Å². The Labute approximate surface area is 64.2 Å². The van der Waals surface area contributed by atoms with Crippen molar-refractivity contribution in [2.75, 3.05) is 11.5 Å². The Balaban J connectivity index is 2.16. The number of carboxylic acid groups (broad SMARTS) is 1. The second kappa shape index (κ2) is 3.25. The third-order valence-electron chi connectivity index (χ3n) is 1.49. The average Bonchev–Trinajstić information content (AvgIpc) is 1.77. The molecule has 4 heteroatoms. The van der Waals surface area contributed by atoms with Crippen LogP contribution in [-0.4, -0.2) is 34.7 Å². The van der Waals surface area contributed by atoms with Crippen molar-refractivity contribution in [3.05, 3.63) is 0 Å². The summed E-state index contributed by atoms with van der Waals surface area (Å²) in [5, 5.41) is 11.5. The van der Waals surface area contributed by atoms with Gasteiger partial charge in [-0.05, 0) is 6.92 Å².